The highest BCUT2D eigenvalue weighted by atomic mass is 35.5. The zero-order chi connectivity index (χ0) is 20.4. The minimum Gasteiger partial charge on any atom is -0.420 e. The van der Waals surface area contributed by atoms with Crippen LogP contribution in [0.25, 0.3) is 22.2 Å². The Kier molecular flexibility index (Phi) is 4.85. The van der Waals surface area contributed by atoms with Crippen molar-refractivity contribution < 1.29 is 18.3 Å². The number of halogens is 3. The largest absolute Gasteiger partial charge is 0.487 e. The van der Waals surface area contributed by atoms with E-state index < -0.39 is 5.57 Å². The van der Waals surface area contributed by atoms with E-state index in [1.807, 2.05) is 6.07 Å². The topological polar surface area (TPSA) is 79.9 Å². The predicted molar refractivity (Wildman–Crippen MR) is 105 cm³/mol. The average Bonchev–Trinajstić information content (AvgIpc) is 3.17. The number of carbonyl (C=O) groups is 1. The van der Waals surface area contributed by atoms with Gasteiger partial charge in [0.15, 0.2) is 0 Å². The van der Waals surface area contributed by atoms with Crippen molar-refractivity contribution in [2.75, 3.05) is 5.32 Å². The first-order chi connectivity index (χ1) is 13.9. The van der Waals surface area contributed by atoms with Crippen LogP contribution >= 0.6 is 11.6 Å². The number of anilines is 1. The van der Waals surface area contributed by atoms with E-state index in [0.29, 0.717) is 16.8 Å². The third-order valence-electron chi connectivity index (χ3n) is 4.10. The molecule has 146 valence electrons. The van der Waals surface area contributed by atoms with Gasteiger partial charge in [-0.25, -0.2) is 4.98 Å². The number of ether oxygens (including phenoxy) is 1. The van der Waals surface area contributed by atoms with Gasteiger partial charge in [0.2, 0.25) is 0 Å². The third-order valence-corrected chi connectivity index (χ3v) is 4.18. The second kappa shape index (κ2) is 7.48. The quantitative estimate of drug-likeness (QED) is 0.448. The monoisotopic (exact) mass is 414 g/mol. The molecule has 0 saturated heterocycles. The van der Waals surface area contributed by atoms with Crippen LogP contribution in [0.1, 0.15) is 10.4 Å². The summed E-state index contributed by atoms with van der Waals surface area (Å²) in [7, 11) is 0. The second-order valence-electron chi connectivity index (χ2n) is 6.09. The van der Waals surface area contributed by atoms with E-state index in [4.69, 9.17) is 11.6 Å². The fraction of sp³-hybridized carbons (Fsp3) is 0.0500. The van der Waals surface area contributed by atoms with Crippen molar-refractivity contribution in [1.29, 1.82) is 0 Å². The minimum absolute atomic E-state index is 0.124. The normalized spacial score (nSPS) is 11.4. The Labute approximate surface area is 168 Å². The van der Waals surface area contributed by atoms with E-state index in [1.165, 1.54) is 24.3 Å². The molecule has 0 atom stereocenters. The van der Waals surface area contributed by atoms with E-state index in [-0.39, 0.29) is 11.7 Å². The van der Waals surface area contributed by atoms with Gasteiger partial charge >= 0.3 is 5.57 Å². The summed E-state index contributed by atoms with van der Waals surface area (Å²) < 4.78 is 29.6. The lowest BCUT2D eigenvalue weighted by molar-refractivity contribution is -0.0964. The molecule has 0 aliphatic rings. The minimum atomic E-state index is -3.80. The van der Waals surface area contributed by atoms with Crippen molar-refractivity contribution in [3.8, 4) is 16.9 Å². The molecule has 4 aromatic rings. The van der Waals surface area contributed by atoms with Crippen molar-refractivity contribution in [1.82, 2.24) is 15.0 Å². The number of benzene rings is 2. The van der Waals surface area contributed by atoms with Crippen molar-refractivity contribution in [2.45, 2.75) is 5.57 Å². The van der Waals surface area contributed by atoms with Gasteiger partial charge in [0.1, 0.15) is 5.75 Å². The number of pyridine rings is 1. The van der Waals surface area contributed by atoms with Crippen LogP contribution in [0.4, 0.5) is 14.5 Å². The first-order valence-corrected chi connectivity index (χ1v) is 8.81. The van der Waals surface area contributed by atoms with Crippen molar-refractivity contribution in [3.05, 3.63) is 72.8 Å². The summed E-state index contributed by atoms with van der Waals surface area (Å²) in [5, 5.41) is 2.72. The highest BCUT2D eigenvalue weighted by Gasteiger charge is 2.27. The van der Waals surface area contributed by atoms with Crippen LogP contribution < -0.4 is 10.1 Å². The molecule has 0 bridgehead atoms. The summed E-state index contributed by atoms with van der Waals surface area (Å²) >= 11 is 4.74. The maximum atomic E-state index is 12.7. The summed E-state index contributed by atoms with van der Waals surface area (Å²) in [5.74, 6) is -0.497. The number of hydrogen-bond donors (Lipinski definition) is 2. The van der Waals surface area contributed by atoms with Crippen molar-refractivity contribution >= 4 is 34.2 Å². The number of alkyl halides is 3. The fourth-order valence-corrected chi connectivity index (χ4v) is 2.96. The number of fused-ring (bicyclic) bond motifs is 1. The van der Waals surface area contributed by atoms with Gasteiger partial charge in [-0.05, 0) is 42.5 Å². The van der Waals surface area contributed by atoms with Gasteiger partial charge in [0, 0.05) is 46.4 Å². The van der Waals surface area contributed by atoms with Gasteiger partial charge in [-0.15, -0.1) is 8.78 Å². The zero-order valence-corrected chi connectivity index (χ0v) is 15.5. The number of H-pyrrole nitrogens is 1. The number of aromatic amines is 1. The Hall–Kier alpha value is -3.52. The lowest BCUT2D eigenvalue weighted by Gasteiger charge is -2.11. The maximum absolute atomic E-state index is 12.7. The summed E-state index contributed by atoms with van der Waals surface area (Å²) in [6, 6.07) is 12.5. The van der Waals surface area contributed by atoms with Gasteiger partial charge in [0.05, 0.1) is 17.4 Å². The van der Waals surface area contributed by atoms with E-state index in [0.717, 1.165) is 16.6 Å². The Morgan fingerprint density at radius 3 is 2.66 bits per heavy atom. The molecule has 0 aliphatic carbocycles. The van der Waals surface area contributed by atoms with E-state index in [9.17, 15) is 13.6 Å². The zero-order valence-electron chi connectivity index (χ0n) is 14.7. The number of nitrogens with one attached hydrogen (secondary N) is 2. The molecule has 0 unspecified atom stereocenters. The Balaban J connectivity index is 1.61. The molecule has 9 heteroatoms. The van der Waals surface area contributed by atoms with Crippen LogP contribution in [0.3, 0.4) is 0 Å². The van der Waals surface area contributed by atoms with Crippen LogP contribution in [0.2, 0.25) is 0 Å². The summed E-state index contributed by atoms with van der Waals surface area (Å²) in [4.78, 5) is 24.2. The number of carbonyl (C=O) groups excluding carboxylic acids is 1. The van der Waals surface area contributed by atoms with Crippen LogP contribution in [0.15, 0.2) is 67.3 Å². The number of amides is 1. The molecule has 2 aromatic heterocycles. The number of imidazole rings is 1. The maximum Gasteiger partial charge on any atom is 0.487 e. The summed E-state index contributed by atoms with van der Waals surface area (Å²) in [6.07, 6.45) is 4.91. The molecule has 2 heterocycles. The van der Waals surface area contributed by atoms with Crippen LogP contribution in [0.5, 0.6) is 5.75 Å². The molecule has 0 fully saturated rings. The molecule has 2 N–H and O–H groups in total. The van der Waals surface area contributed by atoms with Crippen LogP contribution in [0, 0.1) is 0 Å². The lowest BCUT2D eigenvalue weighted by Crippen LogP contribution is -2.15. The molecule has 4 rings (SSSR count). The Bertz CT molecular complexity index is 1160. The third kappa shape index (κ3) is 4.33. The first kappa shape index (κ1) is 18.8. The number of rotatable bonds is 5. The Morgan fingerprint density at radius 2 is 1.97 bits per heavy atom. The Morgan fingerprint density at radius 1 is 1.17 bits per heavy atom. The van der Waals surface area contributed by atoms with Crippen molar-refractivity contribution in [2.24, 2.45) is 0 Å². The molecule has 2 aromatic carbocycles. The number of hydrogen-bond acceptors (Lipinski definition) is 4. The summed E-state index contributed by atoms with van der Waals surface area (Å²) in [6.45, 7) is 0. The highest BCUT2D eigenvalue weighted by Crippen LogP contribution is 2.29. The van der Waals surface area contributed by atoms with Gasteiger partial charge < -0.3 is 15.0 Å². The van der Waals surface area contributed by atoms with E-state index in [2.05, 4.69) is 25.0 Å². The predicted octanol–water partition coefficient (Wildman–Crippen LogP) is 5.05. The van der Waals surface area contributed by atoms with Gasteiger partial charge in [0.25, 0.3) is 5.91 Å². The average molecular weight is 415 g/mol. The molecule has 6 nitrogen and oxygen atoms in total. The van der Waals surface area contributed by atoms with Gasteiger partial charge in [-0.1, -0.05) is 6.07 Å². The molecular formula is C20H13ClF2N4O2. The standard InChI is InChI=1S/C20H13ClF2N4O2/c21-20(22,23)29-15-5-3-14(4-6-15)27-19(28)13-8-16(12-2-1-7-24-10-12)18-17(9-13)25-11-26-18/h1-11H,(H,25,26)(H,27,28). The molecule has 0 saturated carbocycles. The number of nitrogens with zero attached hydrogens (tertiary/aromatic N) is 2. The van der Waals surface area contributed by atoms with Crippen LogP contribution in [-0.2, 0) is 0 Å². The van der Waals surface area contributed by atoms with Crippen LogP contribution in [-0.4, -0.2) is 26.4 Å². The number of aromatic nitrogens is 3. The fourth-order valence-electron chi connectivity index (χ4n) is 2.87. The van der Waals surface area contributed by atoms with Crippen molar-refractivity contribution in [3.63, 3.8) is 0 Å². The second-order valence-corrected chi connectivity index (χ2v) is 6.53. The summed E-state index contributed by atoms with van der Waals surface area (Å²) in [5.41, 5.74) is 0.00837. The molecular weight excluding hydrogens is 402 g/mol. The van der Waals surface area contributed by atoms with E-state index in [1.54, 1.807) is 36.9 Å². The van der Waals surface area contributed by atoms with Gasteiger partial charge in [-0.3, -0.25) is 9.78 Å². The molecule has 1 amide bonds. The first-order valence-electron chi connectivity index (χ1n) is 8.44. The highest BCUT2D eigenvalue weighted by molar-refractivity contribution is 6.20. The molecule has 29 heavy (non-hydrogen) atoms. The van der Waals surface area contributed by atoms with E-state index >= 15 is 0 Å². The smallest absolute Gasteiger partial charge is 0.420 e. The molecule has 0 aliphatic heterocycles. The molecule has 0 radical (unpaired) electrons. The molecule has 0 spiro atoms. The van der Waals surface area contributed by atoms with Gasteiger partial charge in [-0.2, -0.15) is 0 Å². The SMILES string of the molecule is O=C(Nc1ccc(OC(F)(F)Cl)cc1)c1cc(-c2cccnc2)c2nc[nH]c2c1. The lowest BCUT2D eigenvalue weighted by atomic mass is 10.0.